The number of rotatable bonds is 4. The van der Waals surface area contributed by atoms with Crippen molar-refractivity contribution in [2.45, 2.75) is 38.8 Å². The van der Waals surface area contributed by atoms with E-state index >= 15 is 0 Å². The van der Waals surface area contributed by atoms with Crippen LogP contribution in [0.15, 0.2) is 0 Å². The third kappa shape index (κ3) is 3.51. The minimum atomic E-state index is -0.689. The highest BCUT2D eigenvalue weighted by Gasteiger charge is 2.38. The molecule has 5 heteroatoms. The minimum Gasteiger partial charge on any atom is -0.366 e. The van der Waals surface area contributed by atoms with Crippen molar-refractivity contribution in [1.82, 2.24) is 14.7 Å². The predicted molar refractivity (Wildman–Crippen MR) is 79.8 cm³/mol. The van der Waals surface area contributed by atoms with Gasteiger partial charge in [0.25, 0.3) is 5.91 Å². The second-order valence-electron chi connectivity index (χ2n) is 6.48. The standard InChI is InChI=1S/C15H29N3O2/c1-5-20-15(2,3)14(19)18-7-6-13(12-18)17-10-8-16(4)9-11-17/h13H,5-12H2,1-4H3/t13-/m0/s1. The van der Waals surface area contributed by atoms with Gasteiger partial charge < -0.3 is 14.5 Å². The Morgan fingerprint density at radius 1 is 1.20 bits per heavy atom. The van der Waals surface area contributed by atoms with E-state index in [1.807, 2.05) is 25.7 Å². The molecule has 2 heterocycles. The fourth-order valence-electron chi connectivity index (χ4n) is 3.21. The SMILES string of the molecule is CCOC(C)(C)C(=O)N1CC[C@H](N2CCN(C)CC2)C1. The fraction of sp³-hybridized carbons (Fsp3) is 0.933. The van der Waals surface area contributed by atoms with Gasteiger partial charge in [0.2, 0.25) is 0 Å². The van der Waals surface area contributed by atoms with Gasteiger partial charge in [-0.25, -0.2) is 0 Å². The molecule has 5 nitrogen and oxygen atoms in total. The summed E-state index contributed by atoms with van der Waals surface area (Å²) < 4.78 is 5.59. The van der Waals surface area contributed by atoms with Gasteiger partial charge in [-0.05, 0) is 34.2 Å². The van der Waals surface area contributed by atoms with Gasteiger partial charge in [0.15, 0.2) is 0 Å². The number of amides is 1. The number of piperazine rings is 1. The fourth-order valence-corrected chi connectivity index (χ4v) is 3.21. The lowest BCUT2D eigenvalue weighted by atomic mass is 10.1. The highest BCUT2D eigenvalue weighted by molar-refractivity contribution is 5.84. The van der Waals surface area contributed by atoms with Gasteiger partial charge in [-0.2, -0.15) is 0 Å². The monoisotopic (exact) mass is 283 g/mol. The van der Waals surface area contributed by atoms with Gasteiger partial charge in [0, 0.05) is 51.9 Å². The third-order valence-corrected chi connectivity index (χ3v) is 4.53. The quantitative estimate of drug-likeness (QED) is 0.759. The van der Waals surface area contributed by atoms with Crippen molar-refractivity contribution in [2.24, 2.45) is 0 Å². The normalized spacial score (nSPS) is 26.2. The van der Waals surface area contributed by atoms with Crippen LogP contribution >= 0.6 is 0 Å². The van der Waals surface area contributed by atoms with Crippen LogP contribution in [-0.4, -0.2) is 85.2 Å². The summed E-state index contributed by atoms with van der Waals surface area (Å²) in [5, 5.41) is 0. The molecule has 2 fully saturated rings. The number of nitrogens with zero attached hydrogens (tertiary/aromatic N) is 3. The molecule has 0 N–H and O–H groups in total. The summed E-state index contributed by atoms with van der Waals surface area (Å²) in [4.78, 5) is 19.4. The van der Waals surface area contributed by atoms with Gasteiger partial charge in [-0.15, -0.1) is 0 Å². The Kier molecular flexibility index (Phi) is 5.04. The zero-order chi connectivity index (χ0) is 14.8. The molecule has 0 spiro atoms. The maximum absolute atomic E-state index is 12.5. The number of likely N-dealkylation sites (tertiary alicyclic amines) is 1. The summed E-state index contributed by atoms with van der Waals surface area (Å²) in [6.07, 6.45) is 1.09. The molecule has 0 aromatic heterocycles. The Morgan fingerprint density at radius 3 is 2.45 bits per heavy atom. The maximum Gasteiger partial charge on any atom is 0.254 e. The molecule has 0 unspecified atom stereocenters. The lowest BCUT2D eigenvalue weighted by molar-refractivity contribution is -0.152. The Labute approximate surface area is 122 Å². The molecule has 2 rings (SSSR count). The average molecular weight is 283 g/mol. The van der Waals surface area contributed by atoms with Crippen molar-refractivity contribution in [3.63, 3.8) is 0 Å². The molecule has 1 amide bonds. The summed E-state index contributed by atoms with van der Waals surface area (Å²) >= 11 is 0. The van der Waals surface area contributed by atoms with Gasteiger partial charge >= 0.3 is 0 Å². The second kappa shape index (κ2) is 6.41. The van der Waals surface area contributed by atoms with Gasteiger partial charge in [-0.1, -0.05) is 0 Å². The van der Waals surface area contributed by atoms with Crippen LogP contribution in [0.1, 0.15) is 27.2 Å². The van der Waals surface area contributed by atoms with Gasteiger partial charge in [-0.3, -0.25) is 9.69 Å². The Balaban J connectivity index is 1.87. The molecule has 2 aliphatic heterocycles. The van der Waals surface area contributed by atoms with Crippen LogP contribution in [0.5, 0.6) is 0 Å². The molecule has 1 atom stereocenters. The number of likely N-dealkylation sites (N-methyl/N-ethyl adjacent to an activating group) is 1. The molecule has 0 aromatic rings. The molecule has 0 radical (unpaired) electrons. The first-order valence-corrected chi connectivity index (χ1v) is 7.80. The van der Waals surface area contributed by atoms with E-state index in [1.165, 1.54) is 0 Å². The van der Waals surface area contributed by atoms with Crippen LogP contribution in [0, 0.1) is 0 Å². The van der Waals surface area contributed by atoms with Crippen molar-refractivity contribution in [2.75, 3.05) is 52.9 Å². The Hall–Kier alpha value is -0.650. The van der Waals surface area contributed by atoms with E-state index in [4.69, 9.17) is 4.74 Å². The molecule has 2 saturated heterocycles. The van der Waals surface area contributed by atoms with Crippen molar-refractivity contribution >= 4 is 5.91 Å². The first kappa shape index (κ1) is 15.7. The lowest BCUT2D eigenvalue weighted by Crippen LogP contribution is -2.51. The Bertz CT molecular complexity index is 338. The van der Waals surface area contributed by atoms with E-state index in [0.717, 1.165) is 45.7 Å². The summed E-state index contributed by atoms with van der Waals surface area (Å²) in [5.41, 5.74) is -0.689. The largest absolute Gasteiger partial charge is 0.366 e. The highest BCUT2D eigenvalue weighted by Crippen LogP contribution is 2.22. The molecule has 116 valence electrons. The van der Waals surface area contributed by atoms with E-state index in [9.17, 15) is 4.79 Å². The van der Waals surface area contributed by atoms with Gasteiger partial charge in [0.05, 0.1) is 0 Å². The van der Waals surface area contributed by atoms with Crippen LogP contribution in [0.25, 0.3) is 0 Å². The smallest absolute Gasteiger partial charge is 0.254 e. The summed E-state index contributed by atoms with van der Waals surface area (Å²) in [6.45, 7) is 12.5. The number of carbonyl (C=O) groups excluding carboxylic acids is 1. The van der Waals surface area contributed by atoms with Crippen molar-refractivity contribution in [1.29, 1.82) is 0 Å². The van der Waals surface area contributed by atoms with Crippen LogP contribution in [0.4, 0.5) is 0 Å². The molecular formula is C15H29N3O2. The van der Waals surface area contributed by atoms with E-state index in [0.29, 0.717) is 12.6 Å². The maximum atomic E-state index is 12.5. The van der Waals surface area contributed by atoms with E-state index in [1.54, 1.807) is 0 Å². The van der Waals surface area contributed by atoms with Crippen LogP contribution < -0.4 is 0 Å². The minimum absolute atomic E-state index is 0.135. The number of ether oxygens (including phenoxy) is 1. The molecule has 0 aliphatic carbocycles. The van der Waals surface area contributed by atoms with Crippen LogP contribution in [-0.2, 0) is 9.53 Å². The van der Waals surface area contributed by atoms with E-state index < -0.39 is 5.60 Å². The number of carbonyl (C=O) groups is 1. The van der Waals surface area contributed by atoms with Crippen LogP contribution in [0.3, 0.4) is 0 Å². The average Bonchev–Trinajstić information content (AvgIpc) is 2.88. The second-order valence-corrected chi connectivity index (χ2v) is 6.48. The molecule has 20 heavy (non-hydrogen) atoms. The molecule has 0 aromatic carbocycles. The lowest BCUT2D eigenvalue weighted by Gasteiger charge is -2.36. The van der Waals surface area contributed by atoms with Crippen molar-refractivity contribution in [3.05, 3.63) is 0 Å². The zero-order valence-electron chi connectivity index (χ0n) is 13.4. The number of hydrogen-bond acceptors (Lipinski definition) is 4. The first-order chi connectivity index (χ1) is 9.44. The molecule has 0 bridgehead atoms. The Morgan fingerprint density at radius 2 is 1.85 bits per heavy atom. The summed E-state index contributed by atoms with van der Waals surface area (Å²) in [6, 6.07) is 0.532. The zero-order valence-corrected chi connectivity index (χ0v) is 13.4. The summed E-state index contributed by atoms with van der Waals surface area (Å²) in [7, 11) is 2.17. The molecular weight excluding hydrogens is 254 g/mol. The molecule has 2 aliphatic rings. The molecule has 0 saturated carbocycles. The number of hydrogen-bond donors (Lipinski definition) is 0. The third-order valence-electron chi connectivity index (χ3n) is 4.53. The van der Waals surface area contributed by atoms with Crippen molar-refractivity contribution < 1.29 is 9.53 Å². The topological polar surface area (TPSA) is 36.0 Å². The highest BCUT2D eigenvalue weighted by atomic mass is 16.5. The van der Waals surface area contributed by atoms with E-state index in [2.05, 4.69) is 16.8 Å². The van der Waals surface area contributed by atoms with Crippen molar-refractivity contribution in [3.8, 4) is 0 Å². The van der Waals surface area contributed by atoms with E-state index in [-0.39, 0.29) is 5.91 Å². The first-order valence-electron chi connectivity index (χ1n) is 7.80. The van der Waals surface area contributed by atoms with Gasteiger partial charge in [0.1, 0.15) is 5.60 Å². The predicted octanol–water partition coefficient (Wildman–Crippen LogP) is 0.650. The van der Waals surface area contributed by atoms with Crippen LogP contribution in [0.2, 0.25) is 0 Å². The summed E-state index contributed by atoms with van der Waals surface area (Å²) in [5.74, 6) is 0.135.